The molecule has 6 aromatic rings. The van der Waals surface area contributed by atoms with Gasteiger partial charge >= 0.3 is 0 Å². The molecular formula is C34H26O. The van der Waals surface area contributed by atoms with Crippen LogP contribution in [-0.2, 0) is 5.41 Å². The van der Waals surface area contributed by atoms with Gasteiger partial charge in [0.1, 0.15) is 11.5 Å². The van der Waals surface area contributed by atoms with Crippen LogP contribution >= 0.6 is 0 Å². The molecule has 0 saturated heterocycles. The lowest BCUT2D eigenvalue weighted by Gasteiger charge is -2.22. The first-order valence-electron chi connectivity index (χ1n) is 12.3. The van der Waals surface area contributed by atoms with Crippen LogP contribution in [0.25, 0.3) is 55.1 Å². The highest BCUT2D eigenvalue weighted by Crippen LogP contribution is 2.52. The maximum Gasteiger partial charge on any atom is 0.138 e. The van der Waals surface area contributed by atoms with Crippen molar-refractivity contribution >= 4 is 21.5 Å². The number of benzene rings is 5. The molecule has 1 nitrogen and oxygen atoms in total. The maximum absolute atomic E-state index is 6.14. The Hall–Kier alpha value is -4.10. The zero-order valence-electron chi connectivity index (χ0n) is 20.2. The van der Waals surface area contributed by atoms with E-state index in [1.165, 1.54) is 60.5 Å². The second-order valence-corrected chi connectivity index (χ2v) is 10.2. The molecule has 168 valence electrons. The average Bonchev–Trinajstić information content (AvgIpc) is 3.37. The molecule has 0 bridgehead atoms. The van der Waals surface area contributed by atoms with Gasteiger partial charge in [0.2, 0.25) is 0 Å². The molecule has 1 aliphatic carbocycles. The van der Waals surface area contributed by atoms with Crippen LogP contribution in [0.1, 0.15) is 30.7 Å². The Morgan fingerprint density at radius 1 is 0.543 bits per heavy atom. The second-order valence-electron chi connectivity index (χ2n) is 10.2. The summed E-state index contributed by atoms with van der Waals surface area (Å²) in [6, 6.07) is 37.6. The maximum atomic E-state index is 6.14. The van der Waals surface area contributed by atoms with Gasteiger partial charge < -0.3 is 4.42 Å². The summed E-state index contributed by atoms with van der Waals surface area (Å²) in [5.41, 5.74) is 8.86. The molecule has 0 N–H and O–H groups in total. The van der Waals surface area contributed by atoms with Crippen molar-refractivity contribution in [3.05, 3.63) is 120 Å². The first-order chi connectivity index (χ1) is 17.0. The molecule has 1 heterocycles. The SMILES string of the molecule is Cc1cc2c(o1)-c1ccc(-c3c4ccccc4c(-c4ccccc4)c4ccccc34)cc1C2(C)C. The quantitative estimate of drug-likeness (QED) is 0.239. The predicted octanol–water partition coefficient (Wildman–Crippen LogP) is 9.53. The van der Waals surface area contributed by atoms with Gasteiger partial charge in [-0.05, 0) is 68.4 Å². The highest BCUT2D eigenvalue weighted by Gasteiger charge is 2.38. The van der Waals surface area contributed by atoms with Gasteiger partial charge in [-0.3, -0.25) is 0 Å². The van der Waals surface area contributed by atoms with Gasteiger partial charge in [-0.15, -0.1) is 0 Å². The van der Waals surface area contributed by atoms with Crippen molar-refractivity contribution in [2.75, 3.05) is 0 Å². The topological polar surface area (TPSA) is 13.1 Å². The van der Waals surface area contributed by atoms with Gasteiger partial charge in [-0.25, -0.2) is 0 Å². The first-order valence-corrected chi connectivity index (χ1v) is 12.3. The molecule has 0 spiro atoms. The Morgan fingerprint density at radius 2 is 1.09 bits per heavy atom. The van der Waals surface area contributed by atoms with E-state index in [-0.39, 0.29) is 5.41 Å². The van der Waals surface area contributed by atoms with Crippen molar-refractivity contribution in [2.45, 2.75) is 26.2 Å². The standard InChI is InChI=1S/C34H26O/c1-21-19-30-33(35-21)28-18-17-23(20-29(28)34(30,2)3)32-26-15-9-7-13-24(26)31(22-11-5-4-6-12-22)25-14-8-10-16-27(25)32/h4-20H,1-3H3. The molecule has 35 heavy (non-hydrogen) atoms. The number of rotatable bonds is 2. The van der Waals surface area contributed by atoms with Crippen molar-refractivity contribution in [1.29, 1.82) is 0 Å². The molecule has 0 fully saturated rings. The van der Waals surface area contributed by atoms with E-state index >= 15 is 0 Å². The highest BCUT2D eigenvalue weighted by molar-refractivity contribution is 6.21. The zero-order chi connectivity index (χ0) is 23.7. The third-order valence-electron chi connectivity index (χ3n) is 7.75. The van der Waals surface area contributed by atoms with Crippen LogP contribution in [-0.4, -0.2) is 0 Å². The summed E-state index contributed by atoms with van der Waals surface area (Å²) in [6.45, 7) is 6.66. The van der Waals surface area contributed by atoms with Crippen LogP contribution in [0.5, 0.6) is 0 Å². The normalized spacial score (nSPS) is 13.8. The fourth-order valence-electron chi connectivity index (χ4n) is 6.09. The van der Waals surface area contributed by atoms with Crippen LogP contribution < -0.4 is 0 Å². The summed E-state index contributed by atoms with van der Waals surface area (Å²) in [5, 5.41) is 5.14. The van der Waals surface area contributed by atoms with Crippen molar-refractivity contribution in [2.24, 2.45) is 0 Å². The molecule has 5 aromatic carbocycles. The predicted molar refractivity (Wildman–Crippen MR) is 147 cm³/mol. The second kappa shape index (κ2) is 7.20. The van der Waals surface area contributed by atoms with E-state index < -0.39 is 0 Å². The summed E-state index contributed by atoms with van der Waals surface area (Å²) in [4.78, 5) is 0. The van der Waals surface area contributed by atoms with E-state index in [9.17, 15) is 0 Å². The van der Waals surface area contributed by atoms with Crippen molar-refractivity contribution < 1.29 is 4.42 Å². The Morgan fingerprint density at radius 3 is 1.69 bits per heavy atom. The number of furan rings is 1. The molecule has 1 aliphatic rings. The average molecular weight is 451 g/mol. The minimum absolute atomic E-state index is 0.0893. The molecular weight excluding hydrogens is 424 g/mol. The van der Waals surface area contributed by atoms with Gasteiger partial charge in [0.25, 0.3) is 0 Å². The van der Waals surface area contributed by atoms with E-state index in [2.05, 4.69) is 117 Å². The van der Waals surface area contributed by atoms with E-state index in [4.69, 9.17) is 4.42 Å². The van der Waals surface area contributed by atoms with Crippen LogP contribution in [0.4, 0.5) is 0 Å². The lowest BCUT2D eigenvalue weighted by atomic mass is 9.80. The molecule has 0 saturated carbocycles. The van der Waals surface area contributed by atoms with Crippen molar-refractivity contribution in [3.8, 4) is 33.6 Å². The van der Waals surface area contributed by atoms with Crippen LogP contribution in [0.3, 0.4) is 0 Å². The summed E-state index contributed by atoms with van der Waals surface area (Å²) < 4.78 is 6.14. The molecule has 0 atom stereocenters. The van der Waals surface area contributed by atoms with Crippen molar-refractivity contribution in [3.63, 3.8) is 0 Å². The Kier molecular flexibility index (Phi) is 4.17. The number of aryl methyl sites for hydroxylation is 1. The molecule has 0 unspecified atom stereocenters. The van der Waals surface area contributed by atoms with Gasteiger partial charge in [0.15, 0.2) is 0 Å². The lowest BCUT2D eigenvalue weighted by molar-refractivity contribution is 0.547. The summed E-state index contributed by atoms with van der Waals surface area (Å²) in [6.07, 6.45) is 0. The van der Waals surface area contributed by atoms with E-state index in [0.29, 0.717) is 0 Å². The summed E-state index contributed by atoms with van der Waals surface area (Å²) >= 11 is 0. The summed E-state index contributed by atoms with van der Waals surface area (Å²) in [7, 11) is 0. The molecule has 0 radical (unpaired) electrons. The minimum atomic E-state index is -0.0893. The molecule has 7 rings (SSSR count). The lowest BCUT2D eigenvalue weighted by Crippen LogP contribution is -2.14. The van der Waals surface area contributed by atoms with Crippen LogP contribution in [0, 0.1) is 6.92 Å². The number of hydrogen-bond donors (Lipinski definition) is 0. The third kappa shape index (κ3) is 2.82. The third-order valence-corrected chi connectivity index (χ3v) is 7.75. The fraction of sp³-hybridized carbons (Fsp3) is 0.118. The van der Waals surface area contributed by atoms with Crippen LogP contribution in [0.15, 0.2) is 108 Å². The van der Waals surface area contributed by atoms with Crippen LogP contribution in [0.2, 0.25) is 0 Å². The highest BCUT2D eigenvalue weighted by atomic mass is 16.3. The van der Waals surface area contributed by atoms with Gasteiger partial charge in [0, 0.05) is 16.5 Å². The molecule has 1 heteroatoms. The first kappa shape index (κ1) is 20.3. The Labute approximate surface area is 205 Å². The van der Waals surface area contributed by atoms with Crippen molar-refractivity contribution in [1.82, 2.24) is 0 Å². The fourth-order valence-corrected chi connectivity index (χ4v) is 6.09. The number of fused-ring (bicyclic) bond motifs is 5. The van der Waals surface area contributed by atoms with E-state index in [1.807, 2.05) is 6.92 Å². The summed E-state index contributed by atoms with van der Waals surface area (Å²) in [5.74, 6) is 2.01. The monoisotopic (exact) mass is 450 g/mol. The van der Waals surface area contributed by atoms with Gasteiger partial charge in [-0.1, -0.05) is 105 Å². The zero-order valence-corrected chi connectivity index (χ0v) is 20.2. The van der Waals surface area contributed by atoms with Gasteiger partial charge in [0.05, 0.1) is 0 Å². The van der Waals surface area contributed by atoms with E-state index in [0.717, 1.165) is 11.5 Å². The number of hydrogen-bond acceptors (Lipinski definition) is 1. The largest absolute Gasteiger partial charge is 0.461 e. The Balaban J connectivity index is 1.57. The van der Waals surface area contributed by atoms with Gasteiger partial charge in [-0.2, -0.15) is 0 Å². The van der Waals surface area contributed by atoms with E-state index in [1.54, 1.807) is 0 Å². The molecule has 0 amide bonds. The molecule has 0 aliphatic heterocycles. The smallest absolute Gasteiger partial charge is 0.138 e. The molecule has 1 aromatic heterocycles. The Bertz CT molecular complexity index is 1710. The minimum Gasteiger partial charge on any atom is -0.461 e.